The third kappa shape index (κ3) is 3.70. The number of ether oxygens (including phenoxy) is 2. The van der Waals surface area contributed by atoms with Crippen LogP contribution in [0.5, 0.6) is 0 Å². The Morgan fingerprint density at radius 1 is 1.29 bits per heavy atom. The molecule has 1 aliphatic rings. The Bertz CT molecular complexity index is 970. The summed E-state index contributed by atoms with van der Waals surface area (Å²) < 4.78 is 13.2. The quantitative estimate of drug-likeness (QED) is 0.657. The van der Waals surface area contributed by atoms with E-state index in [4.69, 9.17) is 14.5 Å². The van der Waals surface area contributed by atoms with Crippen LogP contribution >= 0.6 is 11.3 Å². The van der Waals surface area contributed by atoms with Gasteiger partial charge in [-0.1, -0.05) is 18.2 Å². The van der Waals surface area contributed by atoms with E-state index in [1.807, 2.05) is 36.3 Å². The first-order valence-corrected chi connectivity index (χ1v) is 10.4. The number of rotatable bonds is 5. The summed E-state index contributed by atoms with van der Waals surface area (Å²) in [6.07, 6.45) is 0.0877. The maximum Gasteiger partial charge on any atom is 0.273 e. The zero-order valence-electron chi connectivity index (χ0n) is 16.4. The number of fused-ring (bicyclic) bond motifs is 1. The minimum absolute atomic E-state index is 0.0240. The van der Waals surface area contributed by atoms with Crippen LogP contribution in [0.25, 0.3) is 21.6 Å². The van der Waals surface area contributed by atoms with Crippen molar-refractivity contribution in [2.45, 2.75) is 32.6 Å². The standard InChI is InChI=1S/C21H25N3O3S/c1-14-11-23(12-15(2)27-14)21(25)17-13-28-20(22-17)19-10-16-6-4-5-7-18(16)24(19)8-9-26-3/h4-7,10,13-15H,8-9,11-12H2,1-3H3. The molecule has 148 valence electrons. The normalized spacial score (nSPS) is 20.0. The summed E-state index contributed by atoms with van der Waals surface area (Å²) in [4.78, 5) is 19.5. The monoisotopic (exact) mass is 399 g/mol. The summed E-state index contributed by atoms with van der Waals surface area (Å²) in [5, 5.41) is 3.87. The van der Waals surface area contributed by atoms with Crippen LogP contribution in [-0.2, 0) is 16.0 Å². The van der Waals surface area contributed by atoms with Crippen LogP contribution in [0.2, 0.25) is 0 Å². The summed E-state index contributed by atoms with van der Waals surface area (Å²) in [6, 6.07) is 10.4. The van der Waals surface area contributed by atoms with Gasteiger partial charge in [-0.2, -0.15) is 0 Å². The Balaban J connectivity index is 1.65. The Morgan fingerprint density at radius 3 is 2.79 bits per heavy atom. The predicted octanol–water partition coefficient (Wildman–Crippen LogP) is 3.66. The van der Waals surface area contributed by atoms with E-state index in [1.165, 1.54) is 11.3 Å². The van der Waals surface area contributed by atoms with Gasteiger partial charge in [0.15, 0.2) is 0 Å². The number of hydrogen-bond acceptors (Lipinski definition) is 5. The molecule has 1 aromatic carbocycles. The molecule has 6 nitrogen and oxygen atoms in total. The number of carbonyl (C=O) groups is 1. The van der Waals surface area contributed by atoms with Crippen molar-refractivity contribution in [1.82, 2.24) is 14.5 Å². The molecular weight excluding hydrogens is 374 g/mol. The molecule has 2 atom stereocenters. The third-order valence-corrected chi connectivity index (χ3v) is 5.84. The van der Waals surface area contributed by atoms with Gasteiger partial charge in [-0.3, -0.25) is 4.79 Å². The second-order valence-electron chi connectivity index (χ2n) is 7.24. The highest BCUT2D eigenvalue weighted by atomic mass is 32.1. The fourth-order valence-corrected chi connectivity index (χ4v) is 4.62. The van der Waals surface area contributed by atoms with E-state index < -0.39 is 0 Å². The molecule has 0 N–H and O–H groups in total. The van der Waals surface area contributed by atoms with Gasteiger partial charge in [-0.05, 0) is 26.0 Å². The molecule has 3 heterocycles. The number of carbonyl (C=O) groups excluding carboxylic acids is 1. The van der Waals surface area contributed by atoms with Gasteiger partial charge in [0.25, 0.3) is 5.91 Å². The van der Waals surface area contributed by atoms with Crippen LogP contribution in [0, 0.1) is 0 Å². The van der Waals surface area contributed by atoms with E-state index in [0.717, 1.165) is 28.1 Å². The van der Waals surface area contributed by atoms with Gasteiger partial charge in [-0.25, -0.2) is 4.98 Å². The molecular formula is C21H25N3O3S. The van der Waals surface area contributed by atoms with Gasteiger partial charge in [0.05, 0.1) is 24.5 Å². The van der Waals surface area contributed by atoms with Gasteiger partial charge in [0, 0.05) is 43.0 Å². The number of nitrogens with zero attached hydrogens (tertiary/aromatic N) is 3. The van der Waals surface area contributed by atoms with Crippen LogP contribution in [-0.4, -0.2) is 59.4 Å². The van der Waals surface area contributed by atoms with Gasteiger partial charge in [0.1, 0.15) is 10.7 Å². The van der Waals surface area contributed by atoms with Gasteiger partial charge in [-0.15, -0.1) is 11.3 Å². The number of para-hydroxylation sites is 1. The van der Waals surface area contributed by atoms with Crippen molar-refractivity contribution in [2.24, 2.45) is 0 Å². The maximum atomic E-state index is 13.0. The van der Waals surface area contributed by atoms with Gasteiger partial charge in [0.2, 0.25) is 0 Å². The van der Waals surface area contributed by atoms with Crippen molar-refractivity contribution in [2.75, 3.05) is 26.8 Å². The summed E-state index contributed by atoms with van der Waals surface area (Å²) in [7, 11) is 1.70. The molecule has 7 heteroatoms. The Kier molecular flexibility index (Phi) is 5.48. The molecule has 2 aromatic heterocycles. The minimum Gasteiger partial charge on any atom is -0.383 e. The average molecular weight is 400 g/mol. The molecule has 1 amide bonds. The van der Waals surface area contributed by atoms with E-state index in [9.17, 15) is 4.79 Å². The first-order valence-electron chi connectivity index (χ1n) is 9.54. The van der Waals surface area contributed by atoms with Crippen molar-refractivity contribution in [3.8, 4) is 10.7 Å². The first-order chi connectivity index (χ1) is 13.6. The number of amides is 1. The topological polar surface area (TPSA) is 56.6 Å². The molecule has 0 saturated carbocycles. The van der Waals surface area contributed by atoms with Crippen molar-refractivity contribution in [3.05, 3.63) is 41.4 Å². The zero-order chi connectivity index (χ0) is 19.7. The van der Waals surface area contributed by atoms with Gasteiger partial charge < -0.3 is 18.9 Å². The Hall–Kier alpha value is -2.22. The molecule has 28 heavy (non-hydrogen) atoms. The molecule has 0 spiro atoms. The van der Waals surface area contributed by atoms with E-state index in [0.29, 0.717) is 25.4 Å². The van der Waals surface area contributed by atoms with E-state index >= 15 is 0 Å². The summed E-state index contributed by atoms with van der Waals surface area (Å²) in [5.41, 5.74) is 2.67. The zero-order valence-corrected chi connectivity index (χ0v) is 17.2. The highest BCUT2D eigenvalue weighted by Gasteiger charge is 2.28. The van der Waals surface area contributed by atoms with Crippen LogP contribution in [0.15, 0.2) is 35.7 Å². The molecule has 4 rings (SSSR count). The maximum absolute atomic E-state index is 13.0. The summed E-state index contributed by atoms with van der Waals surface area (Å²) in [6.45, 7) is 6.55. The van der Waals surface area contributed by atoms with E-state index in [-0.39, 0.29) is 18.1 Å². The predicted molar refractivity (Wildman–Crippen MR) is 111 cm³/mol. The second-order valence-corrected chi connectivity index (χ2v) is 8.10. The first kappa shape index (κ1) is 19.1. The smallest absolute Gasteiger partial charge is 0.273 e. The summed E-state index contributed by atoms with van der Waals surface area (Å²) >= 11 is 1.51. The molecule has 3 aromatic rings. The fourth-order valence-electron chi connectivity index (χ4n) is 3.81. The van der Waals surface area contributed by atoms with E-state index in [1.54, 1.807) is 7.11 Å². The number of hydrogen-bond donors (Lipinski definition) is 0. The highest BCUT2D eigenvalue weighted by Crippen LogP contribution is 2.31. The molecule has 1 fully saturated rings. The number of thiazole rings is 1. The Labute approximate surface area is 168 Å². The molecule has 1 aliphatic heterocycles. The lowest BCUT2D eigenvalue weighted by Gasteiger charge is -2.34. The number of benzene rings is 1. The van der Waals surface area contributed by atoms with E-state index in [2.05, 4.69) is 22.8 Å². The van der Waals surface area contributed by atoms with Crippen LogP contribution in [0.4, 0.5) is 0 Å². The fraction of sp³-hybridized carbons (Fsp3) is 0.429. The van der Waals surface area contributed by atoms with Crippen LogP contribution < -0.4 is 0 Å². The van der Waals surface area contributed by atoms with Crippen LogP contribution in [0.1, 0.15) is 24.3 Å². The number of morpholine rings is 1. The molecule has 0 radical (unpaired) electrons. The number of aromatic nitrogens is 2. The minimum atomic E-state index is -0.0240. The molecule has 0 bridgehead atoms. The molecule has 1 saturated heterocycles. The van der Waals surface area contributed by atoms with Crippen molar-refractivity contribution in [3.63, 3.8) is 0 Å². The lowest BCUT2D eigenvalue weighted by Crippen LogP contribution is -2.48. The lowest BCUT2D eigenvalue weighted by molar-refractivity contribution is -0.0587. The number of methoxy groups -OCH3 is 1. The second kappa shape index (κ2) is 8.03. The average Bonchev–Trinajstić information content (AvgIpc) is 3.30. The molecule has 0 aliphatic carbocycles. The van der Waals surface area contributed by atoms with Crippen molar-refractivity contribution in [1.29, 1.82) is 0 Å². The van der Waals surface area contributed by atoms with Crippen molar-refractivity contribution >= 4 is 28.1 Å². The molecule has 2 unspecified atom stereocenters. The van der Waals surface area contributed by atoms with Gasteiger partial charge >= 0.3 is 0 Å². The highest BCUT2D eigenvalue weighted by molar-refractivity contribution is 7.13. The van der Waals surface area contributed by atoms with Crippen LogP contribution in [0.3, 0.4) is 0 Å². The third-order valence-electron chi connectivity index (χ3n) is 4.98. The lowest BCUT2D eigenvalue weighted by atomic mass is 10.2. The van der Waals surface area contributed by atoms with Crippen molar-refractivity contribution < 1.29 is 14.3 Å². The largest absolute Gasteiger partial charge is 0.383 e. The summed E-state index contributed by atoms with van der Waals surface area (Å²) in [5.74, 6) is -0.0240. The Morgan fingerprint density at radius 2 is 2.04 bits per heavy atom. The SMILES string of the molecule is COCCn1c(-c2nc(C(=O)N3CC(C)OC(C)C3)cs2)cc2ccccc21.